The zero-order valence-electron chi connectivity index (χ0n) is 11.8. The number of aromatic nitrogens is 2. The van der Waals surface area contributed by atoms with Crippen LogP contribution in [0.15, 0.2) is 6.20 Å². The molecular weight excluding hydrogens is 226 g/mol. The van der Waals surface area contributed by atoms with E-state index in [0.29, 0.717) is 0 Å². The van der Waals surface area contributed by atoms with Gasteiger partial charge in [0, 0.05) is 64.1 Å². The van der Waals surface area contributed by atoms with Crippen LogP contribution in [-0.4, -0.2) is 65.9 Å². The highest BCUT2D eigenvalue weighted by Gasteiger charge is 2.11. The zero-order valence-corrected chi connectivity index (χ0v) is 11.8. The van der Waals surface area contributed by atoms with Crippen LogP contribution in [0.3, 0.4) is 0 Å². The van der Waals surface area contributed by atoms with Crippen molar-refractivity contribution >= 4 is 0 Å². The van der Waals surface area contributed by atoms with Gasteiger partial charge in [0.2, 0.25) is 0 Å². The van der Waals surface area contributed by atoms with Gasteiger partial charge in [0.15, 0.2) is 0 Å². The van der Waals surface area contributed by atoms with Gasteiger partial charge < -0.3 is 10.2 Å². The molecule has 0 spiro atoms. The number of rotatable bonds is 5. The average Bonchev–Trinajstić information content (AvgIpc) is 2.70. The summed E-state index contributed by atoms with van der Waals surface area (Å²) >= 11 is 0. The number of piperazine rings is 1. The molecule has 0 saturated carbocycles. The summed E-state index contributed by atoms with van der Waals surface area (Å²) < 4.78 is 1.94. The van der Waals surface area contributed by atoms with Crippen molar-refractivity contribution in [1.29, 1.82) is 0 Å². The second-order valence-corrected chi connectivity index (χ2v) is 5.21. The predicted molar refractivity (Wildman–Crippen MR) is 73.6 cm³/mol. The maximum atomic E-state index is 4.29. The maximum Gasteiger partial charge on any atom is 0.0537 e. The Labute approximate surface area is 110 Å². The van der Waals surface area contributed by atoms with Gasteiger partial charge in [-0.1, -0.05) is 0 Å². The second kappa shape index (κ2) is 6.31. The molecule has 5 nitrogen and oxygen atoms in total. The molecule has 0 amide bonds. The largest absolute Gasteiger partial charge is 0.314 e. The van der Waals surface area contributed by atoms with Gasteiger partial charge in [-0.25, -0.2) is 0 Å². The molecule has 0 bridgehead atoms. The third-order valence-electron chi connectivity index (χ3n) is 3.78. The van der Waals surface area contributed by atoms with E-state index in [4.69, 9.17) is 0 Å². The Morgan fingerprint density at radius 2 is 2.11 bits per heavy atom. The Bertz CT molecular complexity index is 367. The Balaban J connectivity index is 1.74. The fraction of sp³-hybridized carbons (Fsp3) is 0.769. The molecule has 1 aromatic rings. The van der Waals surface area contributed by atoms with Gasteiger partial charge in [0.05, 0.1) is 6.20 Å². The average molecular weight is 251 g/mol. The van der Waals surface area contributed by atoms with Gasteiger partial charge >= 0.3 is 0 Å². The first-order valence-corrected chi connectivity index (χ1v) is 6.76. The molecule has 0 radical (unpaired) electrons. The summed E-state index contributed by atoms with van der Waals surface area (Å²) in [5.41, 5.74) is 2.60. The highest BCUT2D eigenvalue weighted by molar-refractivity contribution is 5.15. The van der Waals surface area contributed by atoms with E-state index < -0.39 is 0 Å². The van der Waals surface area contributed by atoms with Crippen molar-refractivity contribution in [3.8, 4) is 0 Å². The van der Waals surface area contributed by atoms with E-state index in [0.717, 1.165) is 32.7 Å². The Morgan fingerprint density at radius 1 is 1.39 bits per heavy atom. The molecular formula is C13H25N5. The minimum absolute atomic E-state index is 0.992. The molecule has 2 rings (SSSR count). The van der Waals surface area contributed by atoms with Gasteiger partial charge in [-0.05, 0) is 14.0 Å². The summed E-state index contributed by atoms with van der Waals surface area (Å²) in [5, 5.41) is 7.68. The van der Waals surface area contributed by atoms with Crippen LogP contribution in [0.2, 0.25) is 0 Å². The molecule has 1 saturated heterocycles. The Morgan fingerprint density at radius 3 is 2.72 bits per heavy atom. The van der Waals surface area contributed by atoms with Gasteiger partial charge in [-0.3, -0.25) is 9.58 Å². The topological polar surface area (TPSA) is 36.3 Å². The summed E-state index contributed by atoms with van der Waals surface area (Å²) in [7, 11) is 4.19. The summed E-state index contributed by atoms with van der Waals surface area (Å²) in [6.07, 6.45) is 1.98. The molecule has 0 aromatic carbocycles. The molecule has 1 aliphatic heterocycles. The normalized spacial score (nSPS) is 17.6. The standard InChI is InChI=1S/C13H25N5/c1-12-13(10-15-17(12)3)11-16(2)8-9-18-6-4-14-5-7-18/h10,14H,4-9,11H2,1-3H3. The van der Waals surface area contributed by atoms with Gasteiger partial charge in [0.25, 0.3) is 0 Å². The lowest BCUT2D eigenvalue weighted by Gasteiger charge is -2.29. The van der Waals surface area contributed by atoms with E-state index in [2.05, 4.69) is 34.2 Å². The first-order chi connectivity index (χ1) is 8.66. The Hall–Kier alpha value is -0.910. The fourth-order valence-corrected chi connectivity index (χ4v) is 2.32. The minimum Gasteiger partial charge on any atom is -0.314 e. The summed E-state index contributed by atoms with van der Waals surface area (Å²) in [5.74, 6) is 0. The van der Waals surface area contributed by atoms with Crippen LogP contribution < -0.4 is 5.32 Å². The van der Waals surface area contributed by atoms with Crippen LogP contribution in [0, 0.1) is 6.92 Å². The van der Waals surface area contributed by atoms with E-state index in [1.807, 2.05) is 17.9 Å². The van der Waals surface area contributed by atoms with Crippen LogP contribution in [0.1, 0.15) is 11.3 Å². The van der Waals surface area contributed by atoms with Crippen molar-refractivity contribution in [2.45, 2.75) is 13.5 Å². The van der Waals surface area contributed by atoms with Crippen molar-refractivity contribution in [2.24, 2.45) is 7.05 Å². The maximum absolute atomic E-state index is 4.29. The van der Waals surface area contributed by atoms with Crippen molar-refractivity contribution < 1.29 is 0 Å². The monoisotopic (exact) mass is 251 g/mol. The predicted octanol–water partition coefficient (Wildman–Crippen LogP) is 0.0655. The summed E-state index contributed by atoms with van der Waals surface area (Å²) in [6.45, 7) is 10.0. The van der Waals surface area contributed by atoms with E-state index in [1.165, 1.54) is 24.3 Å². The summed E-state index contributed by atoms with van der Waals surface area (Å²) in [4.78, 5) is 4.91. The van der Waals surface area contributed by atoms with Gasteiger partial charge in [-0.15, -0.1) is 0 Å². The Kier molecular flexibility index (Phi) is 4.74. The molecule has 1 N–H and O–H groups in total. The number of hydrogen-bond acceptors (Lipinski definition) is 4. The van der Waals surface area contributed by atoms with Gasteiger partial charge in [0.1, 0.15) is 0 Å². The third-order valence-corrected chi connectivity index (χ3v) is 3.78. The first-order valence-electron chi connectivity index (χ1n) is 6.76. The molecule has 2 heterocycles. The van der Waals surface area contributed by atoms with Crippen LogP contribution in [0.5, 0.6) is 0 Å². The number of nitrogens with zero attached hydrogens (tertiary/aromatic N) is 4. The fourth-order valence-electron chi connectivity index (χ4n) is 2.32. The summed E-state index contributed by atoms with van der Waals surface area (Å²) in [6, 6.07) is 0. The lowest BCUT2D eigenvalue weighted by Crippen LogP contribution is -2.45. The van der Waals surface area contributed by atoms with E-state index in [1.54, 1.807) is 0 Å². The molecule has 0 aliphatic carbocycles. The molecule has 102 valence electrons. The van der Waals surface area contributed by atoms with Crippen molar-refractivity contribution in [3.05, 3.63) is 17.5 Å². The smallest absolute Gasteiger partial charge is 0.0537 e. The lowest BCUT2D eigenvalue weighted by atomic mass is 10.2. The zero-order chi connectivity index (χ0) is 13.0. The lowest BCUT2D eigenvalue weighted by molar-refractivity contribution is 0.202. The van der Waals surface area contributed by atoms with Crippen molar-refractivity contribution in [3.63, 3.8) is 0 Å². The number of likely N-dealkylation sites (N-methyl/N-ethyl adjacent to an activating group) is 1. The highest BCUT2D eigenvalue weighted by Crippen LogP contribution is 2.08. The van der Waals surface area contributed by atoms with E-state index in [-0.39, 0.29) is 0 Å². The highest BCUT2D eigenvalue weighted by atomic mass is 15.3. The number of aryl methyl sites for hydroxylation is 1. The molecule has 1 fully saturated rings. The third kappa shape index (κ3) is 3.54. The van der Waals surface area contributed by atoms with Crippen LogP contribution in [-0.2, 0) is 13.6 Å². The second-order valence-electron chi connectivity index (χ2n) is 5.21. The quantitative estimate of drug-likeness (QED) is 0.803. The van der Waals surface area contributed by atoms with Crippen molar-refractivity contribution in [2.75, 3.05) is 46.3 Å². The molecule has 1 aromatic heterocycles. The van der Waals surface area contributed by atoms with Crippen LogP contribution in [0.4, 0.5) is 0 Å². The molecule has 18 heavy (non-hydrogen) atoms. The minimum atomic E-state index is 0.992. The molecule has 5 heteroatoms. The molecule has 0 atom stereocenters. The van der Waals surface area contributed by atoms with Crippen molar-refractivity contribution in [1.82, 2.24) is 24.9 Å². The van der Waals surface area contributed by atoms with E-state index >= 15 is 0 Å². The van der Waals surface area contributed by atoms with Crippen LogP contribution in [0.25, 0.3) is 0 Å². The molecule has 0 unspecified atom stereocenters. The van der Waals surface area contributed by atoms with Crippen LogP contribution >= 0.6 is 0 Å². The number of nitrogens with one attached hydrogen (secondary N) is 1. The van der Waals surface area contributed by atoms with Gasteiger partial charge in [-0.2, -0.15) is 5.10 Å². The molecule has 1 aliphatic rings. The SMILES string of the molecule is Cc1c(CN(C)CCN2CCNCC2)cnn1C. The number of hydrogen-bond donors (Lipinski definition) is 1. The first kappa shape index (κ1) is 13.5. The van der Waals surface area contributed by atoms with E-state index in [9.17, 15) is 0 Å².